The van der Waals surface area contributed by atoms with Crippen LogP contribution in [0.2, 0.25) is 0 Å². The molecule has 0 radical (unpaired) electrons. The predicted octanol–water partition coefficient (Wildman–Crippen LogP) is 4.68. The predicted molar refractivity (Wildman–Crippen MR) is 103 cm³/mol. The van der Waals surface area contributed by atoms with E-state index < -0.39 is 0 Å². The van der Waals surface area contributed by atoms with E-state index in [1.165, 1.54) is 0 Å². The molecule has 4 aromatic carbocycles. The largest absolute Gasteiger partial charge is 0.507 e. The summed E-state index contributed by atoms with van der Waals surface area (Å²) in [6.07, 6.45) is 0.707. The number of carbonyl (C=O) groups is 1. The number of fused-ring (bicyclic) bond motifs is 2. The highest BCUT2D eigenvalue weighted by molar-refractivity contribution is 7.28. The van der Waals surface area contributed by atoms with E-state index in [2.05, 4.69) is 15.3 Å². The van der Waals surface area contributed by atoms with E-state index in [9.17, 15) is 9.90 Å². The van der Waals surface area contributed by atoms with Crippen LogP contribution in [0.3, 0.4) is 0 Å². The third-order valence-electron chi connectivity index (χ3n) is 4.39. The molecule has 0 amide bonds. The average molecular weight is 330 g/mol. The van der Waals surface area contributed by atoms with Gasteiger partial charge in [0.25, 0.3) is 0 Å². The minimum absolute atomic E-state index is 0.0313. The summed E-state index contributed by atoms with van der Waals surface area (Å²) < 4.78 is 0. The van der Waals surface area contributed by atoms with Crippen molar-refractivity contribution in [3.8, 4) is 16.9 Å². The van der Waals surface area contributed by atoms with Gasteiger partial charge in [0.15, 0.2) is 6.29 Å². The molecule has 116 valence electrons. The summed E-state index contributed by atoms with van der Waals surface area (Å²) >= 11 is 0. The lowest BCUT2D eigenvalue weighted by atomic mass is 9.91. The summed E-state index contributed by atoms with van der Waals surface area (Å²) in [4.78, 5) is 11.4. The second-order valence-corrected chi connectivity index (χ2v) is 6.40. The van der Waals surface area contributed by atoms with Crippen LogP contribution in [-0.2, 0) is 0 Å². The molecule has 1 atom stereocenters. The molecule has 0 aliphatic carbocycles. The van der Waals surface area contributed by atoms with Crippen molar-refractivity contribution in [1.82, 2.24) is 0 Å². The topological polar surface area (TPSA) is 37.3 Å². The number of carbonyl (C=O) groups excluding carboxylic acids is 1. The summed E-state index contributed by atoms with van der Waals surface area (Å²) in [6, 6.07) is 21.7. The van der Waals surface area contributed by atoms with E-state index >= 15 is 0 Å². The smallest absolute Gasteiger partial charge is 0.153 e. The van der Waals surface area contributed by atoms with E-state index in [-0.39, 0.29) is 5.75 Å². The van der Waals surface area contributed by atoms with Gasteiger partial charge in [0.1, 0.15) is 5.75 Å². The number of rotatable bonds is 2. The zero-order valence-corrected chi connectivity index (χ0v) is 14.0. The number of hydrogen-bond acceptors (Lipinski definition) is 2. The maximum Gasteiger partial charge on any atom is 0.153 e. The molecular weight excluding hydrogens is 315 g/mol. The van der Waals surface area contributed by atoms with Crippen LogP contribution in [0.4, 0.5) is 0 Å². The fraction of sp³-hybridized carbons (Fsp3) is 0. The molecule has 0 aliphatic rings. The lowest BCUT2D eigenvalue weighted by Gasteiger charge is -2.16. The fourth-order valence-electron chi connectivity index (χ4n) is 3.27. The van der Waals surface area contributed by atoms with Gasteiger partial charge in [0.2, 0.25) is 0 Å². The third kappa shape index (κ3) is 2.19. The van der Waals surface area contributed by atoms with Crippen LogP contribution in [0.5, 0.6) is 5.75 Å². The highest BCUT2D eigenvalue weighted by atomic mass is 31.0. The monoisotopic (exact) mass is 330 g/mol. The Morgan fingerprint density at radius 3 is 2.12 bits per heavy atom. The van der Waals surface area contributed by atoms with Crippen molar-refractivity contribution in [2.75, 3.05) is 0 Å². The molecule has 0 fully saturated rings. The molecular formula is C21H15O2P. The van der Waals surface area contributed by atoms with Gasteiger partial charge in [-0.2, -0.15) is 0 Å². The van der Waals surface area contributed by atoms with Crippen molar-refractivity contribution < 1.29 is 9.90 Å². The Bertz CT molecular complexity index is 1100. The van der Waals surface area contributed by atoms with Gasteiger partial charge >= 0.3 is 0 Å². The first-order valence-corrected chi connectivity index (χ1v) is 8.26. The number of aldehydes is 1. The van der Waals surface area contributed by atoms with E-state index in [1.54, 1.807) is 6.07 Å². The molecule has 0 bridgehead atoms. The second-order valence-electron chi connectivity index (χ2n) is 5.78. The Labute approximate surface area is 142 Å². The first-order chi connectivity index (χ1) is 11.7. The SMILES string of the molecule is O=Cc1cc2ccccc2c(-c2c(P)ccc3ccccc23)c1O. The molecule has 3 heteroatoms. The molecule has 0 aliphatic heterocycles. The van der Waals surface area contributed by atoms with E-state index in [0.29, 0.717) is 17.4 Å². The Balaban J connectivity index is 2.24. The van der Waals surface area contributed by atoms with Crippen molar-refractivity contribution >= 4 is 42.4 Å². The van der Waals surface area contributed by atoms with Crippen LogP contribution in [0.25, 0.3) is 32.7 Å². The lowest BCUT2D eigenvalue weighted by molar-refractivity contribution is 0.112. The van der Waals surface area contributed by atoms with E-state index in [4.69, 9.17) is 0 Å². The fourth-order valence-corrected chi connectivity index (χ4v) is 3.66. The first kappa shape index (κ1) is 14.9. The maximum absolute atomic E-state index is 11.4. The molecule has 0 aromatic heterocycles. The van der Waals surface area contributed by atoms with E-state index in [1.807, 2.05) is 54.6 Å². The maximum atomic E-state index is 11.4. The summed E-state index contributed by atoms with van der Waals surface area (Å²) in [5, 5.41) is 15.8. The van der Waals surface area contributed by atoms with Gasteiger partial charge < -0.3 is 5.11 Å². The van der Waals surface area contributed by atoms with Crippen LogP contribution in [-0.4, -0.2) is 11.4 Å². The molecule has 24 heavy (non-hydrogen) atoms. The van der Waals surface area contributed by atoms with Crippen molar-refractivity contribution in [3.05, 3.63) is 72.3 Å². The molecule has 0 heterocycles. The van der Waals surface area contributed by atoms with Gasteiger partial charge in [0, 0.05) is 11.1 Å². The Morgan fingerprint density at radius 1 is 0.792 bits per heavy atom. The molecule has 1 unspecified atom stereocenters. The molecule has 1 N–H and O–H groups in total. The van der Waals surface area contributed by atoms with Gasteiger partial charge in [-0.25, -0.2) is 0 Å². The zero-order chi connectivity index (χ0) is 16.7. The van der Waals surface area contributed by atoms with Crippen LogP contribution >= 0.6 is 9.24 Å². The van der Waals surface area contributed by atoms with Crippen LogP contribution in [0, 0.1) is 0 Å². The number of aromatic hydroxyl groups is 1. The van der Waals surface area contributed by atoms with Gasteiger partial charge in [-0.15, -0.1) is 9.24 Å². The second kappa shape index (κ2) is 5.74. The zero-order valence-electron chi connectivity index (χ0n) is 12.9. The number of phenols is 1. The Kier molecular flexibility index (Phi) is 3.55. The highest BCUT2D eigenvalue weighted by Gasteiger charge is 2.18. The molecule has 4 aromatic rings. The van der Waals surface area contributed by atoms with E-state index in [0.717, 1.165) is 32.4 Å². The number of hydrogen-bond donors (Lipinski definition) is 1. The van der Waals surface area contributed by atoms with Crippen molar-refractivity contribution in [2.45, 2.75) is 0 Å². The van der Waals surface area contributed by atoms with Gasteiger partial charge in [-0.3, -0.25) is 4.79 Å². The standard InChI is InChI=1S/C21H15O2P/c22-12-15-11-14-6-2-4-8-17(14)20(21(15)23)19-16-7-3-1-5-13(16)9-10-18(19)24/h1-12,23H,24H2. The van der Waals surface area contributed by atoms with Crippen molar-refractivity contribution in [1.29, 1.82) is 0 Å². The summed E-state index contributed by atoms with van der Waals surface area (Å²) in [6.45, 7) is 0. The molecule has 4 rings (SSSR count). The van der Waals surface area contributed by atoms with Gasteiger partial charge in [-0.1, -0.05) is 60.7 Å². The highest BCUT2D eigenvalue weighted by Crippen LogP contribution is 2.41. The number of phenolic OH excluding ortho intramolecular Hbond substituents is 1. The first-order valence-electron chi connectivity index (χ1n) is 7.68. The van der Waals surface area contributed by atoms with Gasteiger partial charge in [0.05, 0.1) is 5.56 Å². The Morgan fingerprint density at radius 2 is 1.42 bits per heavy atom. The normalized spacial score (nSPS) is 11.0. The van der Waals surface area contributed by atoms with Crippen molar-refractivity contribution in [3.63, 3.8) is 0 Å². The molecule has 0 saturated carbocycles. The van der Waals surface area contributed by atoms with Crippen LogP contribution in [0.15, 0.2) is 66.7 Å². The van der Waals surface area contributed by atoms with Crippen molar-refractivity contribution in [2.24, 2.45) is 0 Å². The number of benzene rings is 4. The summed E-state index contributed by atoms with van der Waals surface area (Å²) in [7, 11) is 2.74. The summed E-state index contributed by atoms with van der Waals surface area (Å²) in [5.41, 5.74) is 1.95. The molecule has 0 saturated heterocycles. The minimum Gasteiger partial charge on any atom is -0.507 e. The molecule has 2 nitrogen and oxygen atoms in total. The average Bonchev–Trinajstić information content (AvgIpc) is 2.62. The van der Waals surface area contributed by atoms with Crippen LogP contribution < -0.4 is 5.30 Å². The minimum atomic E-state index is 0.0313. The molecule has 0 spiro atoms. The lowest BCUT2D eigenvalue weighted by Crippen LogP contribution is -2.00. The van der Waals surface area contributed by atoms with Crippen LogP contribution in [0.1, 0.15) is 10.4 Å². The Hall–Kier alpha value is -2.70. The summed E-state index contributed by atoms with van der Waals surface area (Å²) in [5.74, 6) is 0.0313. The van der Waals surface area contributed by atoms with Gasteiger partial charge in [-0.05, 0) is 32.9 Å². The third-order valence-corrected chi connectivity index (χ3v) is 4.87. The quantitative estimate of drug-likeness (QED) is 0.428.